The topological polar surface area (TPSA) is 44.1 Å². The van der Waals surface area contributed by atoms with Crippen molar-refractivity contribution in [2.24, 2.45) is 0 Å². The summed E-state index contributed by atoms with van der Waals surface area (Å²) in [6.07, 6.45) is 0. The van der Waals surface area contributed by atoms with Gasteiger partial charge < -0.3 is 4.74 Å². The van der Waals surface area contributed by atoms with Gasteiger partial charge in [-0.2, -0.15) is 5.10 Å². The van der Waals surface area contributed by atoms with Crippen LogP contribution in [0.1, 0.15) is 24.3 Å². The number of aryl methyl sites for hydroxylation is 1. The molecule has 4 nitrogen and oxygen atoms in total. The van der Waals surface area contributed by atoms with Crippen molar-refractivity contribution in [1.82, 2.24) is 9.78 Å². The third-order valence-electron chi connectivity index (χ3n) is 2.68. The van der Waals surface area contributed by atoms with Crippen molar-refractivity contribution in [2.45, 2.75) is 20.4 Å². The number of halogens is 1. The zero-order chi connectivity index (χ0) is 13.8. The monoisotopic (exact) mass is 262 g/mol. The molecule has 0 spiro atoms. The molecule has 0 bridgehead atoms. The Kier molecular flexibility index (Phi) is 3.94. The molecule has 2 aromatic rings. The van der Waals surface area contributed by atoms with Crippen molar-refractivity contribution in [3.63, 3.8) is 0 Å². The van der Waals surface area contributed by atoms with Gasteiger partial charge in [0.2, 0.25) is 0 Å². The Morgan fingerprint density at radius 2 is 2.16 bits per heavy atom. The van der Waals surface area contributed by atoms with Gasteiger partial charge in [-0.15, -0.1) is 0 Å². The molecule has 0 amide bonds. The highest BCUT2D eigenvalue weighted by atomic mass is 19.1. The zero-order valence-electron chi connectivity index (χ0n) is 10.9. The summed E-state index contributed by atoms with van der Waals surface area (Å²) < 4.78 is 19.8. The van der Waals surface area contributed by atoms with Gasteiger partial charge in [0.25, 0.3) is 0 Å². The molecule has 0 radical (unpaired) electrons. The van der Waals surface area contributed by atoms with Gasteiger partial charge in [0.05, 0.1) is 12.3 Å². The molecule has 0 saturated carbocycles. The van der Waals surface area contributed by atoms with E-state index in [9.17, 15) is 9.18 Å². The maximum atomic E-state index is 13.3. The summed E-state index contributed by atoms with van der Waals surface area (Å²) in [4.78, 5) is 11.7. The van der Waals surface area contributed by atoms with E-state index in [-0.39, 0.29) is 11.5 Å². The number of carbonyl (C=O) groups is 1. The summed E-state index contributed by atoms with van der Waals surface area (Å²) in [5.74, 6) is -0.786. The van der Waals surface area contributed by atoms with E-state index < -0.39 is 5.97 Å². The number of hydrogen-bond donors (Lipinski definition) is 0. The molecule has 2 rings (SSSR count). The second kappa shape index (κ2) is 5.65. The number of esters is 1. The van der Waals surface area contributed by atoms with Gasteiger partial charge in [0.1, 0.15) is 5.82 Å². The van der Waals surface area contributed by atoms with Crippen LogP contribution >= 0.6 is 0 Å². The Labute approximate surface area is 110 Å². The predicted octanol–water partition coefficient (Wildman–Crippen LogP) is 2.89. The first-order valence-electron chi connectivity index (χ1n) is 6.16. The Morgan fingerprint density at radius 3 is 2.79 bits per heavy atom. The fourth-order valence-corrected chi connectivity index (χ4v) is 1.84. The van der Waals surface area contributed by atoms with Crippen molar-refractivity contribution in [1.29, 1.82) is 0 Å². The third-order valence-corrected chi connectivity index (χ3v) is 2.68. The molecule has 100 valence electrons. The summed E-state index contributed by atoms with van der Waals surface area (Å²) >= 11 is 0. The number of carbonyl (C=O) groups excluding carboxylic acids is 1. The average molecular weight is 262 g/mol. The first-order chi connectivity index (χ1) is 9.15. The number of rotatable bonds is 4. The van der Waals surface area contributed by atoms with Crippen LogP contribution in [0.15, 0.2) is 30.3 Å². The highest BCUT2D eigenvalue weighted by molar-refractivity contribution is 5.88. The molecule has 5 heteroatoms. The molecule has 19 heavy (non-hydrogen) atoms. The van der Waals surface area contributed by atoms with Crippen molar-refractivity contribution >= 4 is 5.97 Å². The van der Waals surface area contributed by atoms with E-state index in [2.05, 4.69) is 5.10 Å². The van der Waals surface area contributed by atoms with Gasteiger partial charge in [0, 0.05) is 12.1 Å². The van der Waals surface area contributed by atoms with Gasteiger partial charge in [0.15, 0.2) is 5.69 Å². The van der Waals surface area contributed by atoms with E-state index in [4.69, 9.17) is 4.74 Å². The number of nitrogens with zero attached hydrogens (tertiary/aromatic N) is 2. The first-order valence-corrected chi connectivity index (χ1v) is 6.16. The van der Waals surface area contributed by atoms with E-state index in [0.717, 1.165) is 0 Å². The lowest BCUT2D eigenvalue weighted by atomic mass is 10.1. The SMILES string of the molecule is CCOC(=O)c1cc(-c2cccc(F)c2)n(CC)n1. The highest BCUT2D eigenvalue weighted by Crippen LogP contribution is 2.21. The van der Waals surface area contributed by atoms with E-state index >= 15 is 0 Å². The second-order valence-corrected chi connectivity index (χ2v) is 3.96. The highest BCUT2D eigenvalue weighted by Gasteiger charge is 2.15. The van der Waals surface area contributed by atoms with Crippen LogP contribution in [0.4, 0.5) is 4.39 Å². The average Bonchev–Trinajstić information content (AvgIpc) is 2.83. The number of hydrogen-bond acceptors (Lipinski definition) is 3. The molecule has 0 saturated heterocycles. The minimum absolute atomic E-state index is 0.239. The van der Waals surface area contributed by atoms with Gasteiger partial charge in [-0.05, 0) is 32.0 Å². The number of ether oxygens (including phenoxy) is 1. The largest absolute Gasteiger partial charge is 0.461 e. The van der Waals surface area contributed by atoms with Crippen molar-refractivity contribution in [3.8, 4) is 11.3 Å². The first kappa shape index (κ1) is 13.3. The van der Waals surface area contributed by atoms with E-state index in [0.29, 0.717) is 24.4 Å². The minimum Gasteiger partial charge on any atom is -0.461 e. The molecule has 0 unspecified atom stereocenters. The smallest absolute Gasteiger partial charge is 0.358 e. The second-order valence-electron chi connectivity index (χ2n) is 3.96. The van der Waals surface area contributed by atoms with E-state index in [1.165, 1.54) is 12.1 Å². The molecule has 0 atom stereocenters. The van der Waals surface area contributed by atoms with Gasteiger partial charge in [-0.3, -0.25) is 4.68 Å². The lowest BCUT2D eigenvalue weighted by Gasteiger charge is -2.04. The van der Waals surface area contributed by atoms with Crippen molar-refractivity contribution in [2.75, 3.05) is 6.61 Å². The van der Waals surface area contributed by atoms with Crippen molar-refractivity contribution < 1.29 is 13.9 Å². The Bertz CT molecular complexity index is 593. The lowest BCUT2D eigenvalue weighted by Crippen LogP contribution is -2.07. The Balaban J connectivity index is 2.42. The third kappa shape index (κ3) is 2.81. The fraction of sp³-hybridized carbons (Fsp3) is 0.286. The fourth-order valence-electron chi connectivity index (χ4n) is 1.84. The number of aromatic nitrogens is 2. The van der Waals surface area contributed by atoms with Crippen LogP contribution in [0.2, 0.25) is 0 Å². The Hall–Kier alpha value is -2.17. The summed E-state index contributed by atoms with van der Waals surface area (Å²) in [5, 5.41) is 4.17. The van der Waals surface area contributed by atoms with Crippen LogP contribution in [0.3, 0.4) is 0 Å². The summed E-state index contributed by atoms with van der Waals surface area (Å²) in [5.41, 5.74) is 1.62. The Morgan fingerprint density at radius 1 is 1.37 bits per heavy atom. The molecule has 1 aromatic heterocycles. The van der Waals surface area contributed by atoms with Crippen LogP contribution in [0.25, 0.3) is 11.3 Å². The molecular weight excluding hydrogens is 247 g/mol. The minimum atomic E-state index is -0.465. The summed E-state index contributed by atoms with van der Waals surface area (Å²) in [7, 11) is 0. The van der Waals surface area contributed by atoms with Crippen LogP contribution in [0.5, 0.6) is 0 Å². The summed E-state index contributed by atoms with van der Waals surface area (Å²) in [6, 6.07) is 7.82. The molecule has 0 fully saturated rings. The van der Waals surface area contributed by atoms with Crippen LogP contribution in [-0.2, 0) is 11.3 Å². The van der Waals surface area contributed by atoms with Gasteiger partial charge >= 0.3 is 5.97 Å². The molecular formula is C14H15FN2O2. The van der Waals surface area contributed by atoms with E-state index in [1.807, 2.05) is 6.92 Å². The normalized spacial score (nSPS) is 10.5. The standard InChI is InChI=1S/C14H15FN2O2/c1-3-17-13(10-6-5-7-11(15)8-10)9-12(16-17)14(18)19-4-2/h5-9H,3-4H2,1-2H3. The molecule has 1 heterocycles. The van der Waals surface area contributed by atoms with E-state index in [1.54, 1.807) is 29.8 Å². The van der Waals surface area contributed by atoms with Crippen LogP contribution in [-0.4, -0.2) is 22.4 Å². The molecule has 0 aliphatic heterocycles. The molecule has 0 N–H and O–H groups in total. The maximum absolute atomic E-state index is 13.3. The summed E-state index contributed by atoms with van der Waals surface area (Å²) in [6.45, 7) is 4.53. The van der Waals surface area contributed by atoms with Crippen LogP contribution < -0.4 is 0 Å². The van der Waals surface area contributed by atoms with Crippen LogP contribution in [0, 0.1) is 5.82 Å². The maximum Gasteiger partial charge on any atom is 0.358 e. The van der Waals surface area contributed by atoms with Crippen molar-refractivity contribution in [3.05, 3.63) is 41.8 Å². The molecule has 0 aliphatic rings. The predicted molar refractivity (Wildman–Crippen MR) is 69.3 cm³/mol. The quantitative estimate of drug-likeness (QED) is 0.796. The van der Waals surface area contributed by atoms with Gasteiger partial charge in [-0.25, -0.2) is 9.18 Å². The number of benzene rings is 1. The lowest BCUT2D eigenvalue weighted by molar-refractivity contribution is 0.0518. The zero-order valence-corrected chi connectivity index (χ0v) is 10.9. The molecule has 0 aliphatic carbocycles. The molecule has 1 aromatic carbocycles. The van der Waals surface area contributed by atoms with Gasteiger partial charge in [-0.1, -0.05) is 12.1 Å².